The molecule has 0 aliphatic carbocycles. The van der Waals surface area contributed by atoms with Crippen LogP contribution in [0.4, 0.5) is 0 Å². The third kappa shape index (κ3) is 5.08. The van der Waals surface area contributed by atoms with Crippen molar-refractivity contribution in [1.29, 1.82) is 0 Å². The normalized spacial score (nSPS) is 12.9. The molecule has 0 spiro atoms. The van der Waals surface area contributed by atoms with Crippen LogP contribution < -0.4 is 5.73 Å². The maximum Gasteiger partial charge on any atom is 0.0589 e. The number of aryl methyl sites for hydroxylation is 3. The van der Waals surface area contributed by atoms with Crippen molar-refractivity contribution in [2.24, 2.45) is 5.73 Å². The van der Waals surface area contributed by atoms with E-state index in [1.54, 1.807) is 14.2 Å². The zero-order valence-corrected chi connectivity index (χ0v) is 14.1. The van der Waals surface area contributed by atoms with Gasteiger partial charge in [-0.05, 0) is 43.0 Å². The molecule has 0 aliphatic heterocycles. The quantitative estimate of drug-likeness (QED) is 0.758. The van der Waals surface area contributed by atoms with Gasteiger partial charge in [-0.2, -0.15) is 0 Å². The van der Waals surface area contributed by atoms with Crippen LogP contribution in [0, 0.1) is 20.8 Å². The van der Waals surface area contributed by atoms with Gasteiger partial charge in [-0.1, -0.05) is 12.1 Å². The van der Waals surface area contributed by atoms with Crippen LogP contribution >= 0.6 is 0 Å². The monoisotopic (exact) mass is 294 g/mol. The van der Waals surface area contributed by atoms with Gasteiger partial charge in [-0.25, -0.2) is 0 Å². The summed E-state index contributed by atoms with van der Waals surface area (Å²) in [5, 5.41) is 0. The molecule has 1 aromatic carbocycles. The molecule has 0 saturated carbocycles. The van der Waals surface area contributed by atoms with Crippen molar-refractivity contribution in [3.63, 3.8) is 0 Å². The molecular formula is C17H30N2O2. The highest BCUT2D eigenvalue weighted by Crippen LogP contribution is 2.25. The van der Waals surface area contributed by atoms with Gasteiger partial charge in [0.25, 0.3) is 0 Å². The predicted molar refractivity (Wildman–Crippen MR) is 87.8 cm³/mol. The molecule has 4 nitrogen and oxygen atoms in total. The Morgan fingerprint density at radius 2 is 1.48 bits per heavy atom. The van der Waals surface area contributed by atoms with Crippen LogP contribution in [0.1, 0.15) is 28.3 Å². The highest BCUT2D eigenvalue weighted by atomic mass is 16.5. The standard InChI is InChI=1S/C17H30N2O2/c1-13-10-15(3)16(11-14(13)2)17(12-18)19(6-8-20-4)7-9-21-5/h10-11,17H,6-9,12,18H2,1-5H3. The fourth-order valence-electron chi connectivity index (χ4n) is 2.66. The first-order valence-electron chi connectivity index (χ1n) is 7.54. The first-order valence-corrected chi connectivity index (χ1v) is 7.54. The van der Waals surface area contributed by atoms with Crippen LogP contribution in [0.2, 0.25) is 0 Å². The molecule has 0 radical (unpaired) electrons. The van der Waals surface area contributed by atoms with Gasteiger partial charge in [-0.15, -0.1) is 0 Å². The van der Waals surface area contributed by atoms with Crippen molar-refractivity contribution in [1.82, 2.24) is 4.90 Å². The Morgan fingerprint density at radius 3 is 1.95 bits per heavy atom. The minimum absolute atomic E-state index is 0.203. The van der Waals surface area contributed by atoms with E-state index in [4.69, 9.17) is 15.2 Å². The molecule has 4 heteroatoms. The van der Waals surface area contributed by atoms with Gasteiger partial charge in [0.15, 0.2) is 0 Å². The fraction of sp³-hybridized carbons (Fsp3) is 0.647. The summed E-state index contributed by atoms with van der Waals surface area (Å²) in [6.07, 6.45) is 0. The molecular weight excluding hydrogens is 264 g/mol. The molecule has 1 aromatic rings. The minimum atomic E-state index is 0.203. The molecule has 0 saturated heterocycles. The van der Waals surface area contributed by atoms with Gasteiger partial charge in [0.1, 0.15) is 0 Å². The molecule has 0 aromatic heterocycles. The summed E-state index contributed by atoms with van der Waals surface area (Å²) in [5.41, 5.74) is 11.3. The van der Waals surface area contributed by atoms with Crippen molar-refractivity contribution in [2.75, 3.05) is 47.1 Å². The van der Waals surface area contributed by atoms with Crippen molar-refractivity contribution in [3.05, 3.63) is 34.4 Å². The predicted octanol–water partition coefficient (Wildman–Crippen LogP) is 2.21. The highest BCUT2D eigenvalue weighted by molar-refractivity contribution is 5.38. The second kappa shape index (κ2) is 9.15. The average Bonchev–Trinajstić information content (AvgIpc) is 2.46. The Morgan fingerprint density at radius 1 is 0.952 bits per heavy atom. The second-order valence-electron chi connectivity index (χ2n) is 5.57. The fourth-order valence-corrected chi connectivity index (χ4v) is 2.66. The van der Waals surface area contributed by atoms with Crippen LogP contribution in [0.3, 0.4) is 0 Å². The van der Waals surface area contributed by atoms with Crippen molar-refractivity contribution >= 4 is 0 Å². The maximum absolute atomic E-state index is 6.08. The van der Waals surface area contributed by atoms with Gasteiger partial charge in [-0.3, -0.25) is 4.90 Å². The number of rotatable bonds is 9. The van der Waals surface area contributed by atoms with Gasteiger partial charge in [0.05, 0.1) is 13.2 Å². The lowest BCUT2D eigenvalue weighted by Crippen LogP contribution is -2.38. The summed E-state index contributed by atoms with van der Waals surface area (Å²) >= 11 is 0. The van der Waals surface area contributed by atoms with Gasteiger partial charge in [0.2, 0.25) is 0 Å². The molecule has 21 heavy (non-hydrogen) atoms. The first kappa shape index (κ1) is 18.1. The molecule has 0 amide bonds. The third-order valence-electron chi connectivity index (χ3n) is 4.07. The minimum Gasteiger partial charge on any atom is -0.383 e. The molecule has 0 bridgehead atoms. The molecule has 0 aliphatic rings. The van der Waals surface area contributed by atoms with Crippen LogP contribution in [-0.4, -0.2) is 52.0 Å². The molecule has 1 atom stereocenters. The number of methoxy groups -OCH3 is 2. The summed E-state index contributed by atoms with van der Waals surface area (Å²) < 4.78 is 10.5. The maximum atomic E-state index is 6.08. The lowest BCUT2D eigenvalue weighted by atomic mass is 9.95. The van der Waals surface area contributed by atoms with E-state index in [0.29, 0.717) is 19.8 Å². The number of hydrogen-bond acceptors (Lipinski definition) is 4. The number of nitrogens with zero attached hydrogens (tertiary/aromatic N) is 1. The van der Waals surface area contributed by atoms with Crippen molar-refractivity contribution in [2.45, 2.75) is 26.8 Å². The molecule has 1 rings (SSSR count). The van der Waals surface area contributed by atoms with Crippen LogP contribution in [0.15, 0.2) is 12.1 Å². The highest BCUT2D eigenvalue weighted by Gasteiger charge is 2.21. The molecule has 0 fully saturated rings. The smallest absolute Gasteiger partial charge is 0.0589 e. The SMILES string of the molecule is COCCN(CCOC)C(CN)c1cc(C)c(C)cc1C. The zero-order chi connectivity index (χ0) is 15.8. The van der Waals surface area contributed by atoms with Gasteiger partial charge in [0, 0.05) is 39.9 Å². The van der Waals surface area contributed by atoms with Crippen molar-refractivity contribution < 1.29 is 9.47 Å². The molecule has 2 N–H and O–H groups in total. The molecule has 120 valence electrons. The molecule has 0 heterocycles. The zero-order valence-electron chi connectivity index (χ0n) is 14.1. The van der Waals surface area contributed by atoms with E-state index in [1.165, 1.54) is 22.3 Å². The Labute approximate surface area is 129 Å². The Hall–Kier alpha value is -0.940. The number of nitrogens with two attached hydrogens (primary N) is 1. The summed E-state index contributed by atoms with van der Waals surface area (Å²) in [4.78, 5) is 2.35. The van der Waals surface area contributed by atoms with Crippen LogP contribution in [0.5, 0.6) is 0 Å². The first-order chi connectivity index (χ1) is 10.0. The van der Waals surface area contributed by atoms with Crippen LogP contribution in [-0.2, 0) is 9.47 Å². The number of ether oxygens (including phenoxy) is 2. The van der Waals surface area contributed by atoms with E-state index >= 15 is 0 Å². The third-order valence-corrected chi connectivity index (χ3v) is 4.07. The summed E-state index contributed by atoms with van der Waals surface area (Å²) in [6, 6.07) is 4.72. The van der Waals surface area contributed by atoms with Gasteiger partial charge >= 0.3 is 0 Å². The van der Waals surface area contributed by atoms with E-state index in [0.717, 1.165) is 13.1 Å². The van der Waals surface area contributed by atoms with E-state index in [-0.39, 0.29) is 6.04 Å². The average molecular weight is 294 g/mol. The lowest BCUT2D eigenvalue weighted by molar-refractivity contribution is 0.0889. The Kier molecular flexibility index (Phi) is 7.89. The number of benzene rings is 1. The number of hydrogen-bond donors (Lipinski definition) is 1. The Bertz CT molecular complexity index is 427. The lowest BCUT2D eigenvalue weighted by Gasteiger charge is -2.32. The summed E-state index contributed by atoms with van der Waals surface area (Å²) in [6.45, 7) is 10.2. The van der Waals surface area contributed by atoms with E-state index < -0.39 is 0 Å². The summed E-state index contributed by atoms with van der Waals surface area (Å²) in [7, 11) is 3.46. The van der Waals surface area contributed by atoms with E-state index in [1.807, 2.05) is 0 Å². The largest absolute Gasteiger partial charge is 0.383 e. The second-order valence-corrected chi connectivity index (χ2v) is 5.57. The Balaban J connectivity index is 3.03. The summed E-state index contributed by atoms with van der Waals surface area (Å²) in [5.74, 6) is 0. The van der Waals surface area contributed by atoms with E-state index in [2.05, 4.69) is 37.8 Å². The topological polar surface area (TPSA) is 47.7 Å². The van der Waals surface area contributed by atoms with E-state index in [9.17, 15) is 0 Å². The van der Waals surface area contributed by atoms with Gasteiger partial charge < -0.3 is 15.2 Å². The van der Waals surface area contributed by atoms with Crippen molar-refractivity contribution in [3.8, 4) is 0 Å². The van der Waals surface area contributed by atoms with Crippen LogP contribution in [0.25, 0.3) is 0 Å². The molecule has 1 unspecified atom stereocenters.